The highest BCUT2D eigenvalue weighted by Crippen LogP contribution is 2.45. The first-order valence-electron chi connectivity index (χ1n) is 6.78. The molecule has 0 heterocycles. The lowest BCUT2D eigenvalue weighted by Crippen LogP contribution is -2.40. The molecule has 1 aromatic rings. The van der Waals surface area contributed by atoms with Crippen molar-refractivity contribution in [3.8, 4) is 0 Å². The minimum Gasteiger partial charge on any atom is -0.378 e. The van der Waals surface area contributed by atoms with Crippen LogP contribution in [0.5, 0.6) is 0 Å². The zero-order valence-electron chi connectivity index (χ0n) is 12.8. The predicted octanol–water partition coefficient (Wildman–Crippen LogP) is 3.89. The van der Waals surface area contributed by atoms with E-state index in [1.807, 2.05) is 0 Å². The van der Waals surface area contributed by atoms with E-state index < -0.39 is 5.60 Å². The lowest BCUT2D eigenvalue weighted by molar-refractivity contribution is -0.0819. The Morgan fingerprint density at radius 1 is 1.16 bits per heavy atom. The third kappa shape index (κ3) is 2.13. The van der Waals surface area contributed by atoms with Crippen LogP contribution in [0.4, 0.5) is 0 Å². The van der Waals surface area contributed by atoms with Crippen LogP contribution in [0.3, 0.4) is 0 Å². The van der Waals surface area contributed by atoms with Gasteiger partial charge in [0, 0.05) is 19.8 Å². The number of hydrogen-bond donors (Lipinski definition) is 0. The molecule has 0 saturated carbocycles. The molecule has 2 heteroatoms. The summed E-state index contributed by atoms with van der Waals surface area (Å²) in [5, 5.41) is 0. The van der Waals surface area contributed by atoms with Crippen molar-refractivity contribution in [1.82, 2.24) is 0 Å². The van der Waals surface area contributed by atoms with Crippen molar-refractivity contribution >= 4 is 6.08 Å². The van der Waals surface area contributed by atoms with E-state index in [2.05, 4.69) is 58.0 Å². The molecule has 0 aliphatic heterocycles. The monoisotopic (exact) mass is 260 g/mol. The van der Waals surface area contributed by atoms with E-state index in [0.29, 0.717) is 0 Å². The van der Waals surface area contributed by atoms with Crippen molar-refractivity contribution in [2.75, 3.05) is 14.2 Å². The summed E-state index contributed by atoms with van der Waals surface area (Å²) >= 11 is 0. The Bertz CT molecular complexity index is 496. The van der Waals surface area contributed by atoms with Gasteiger partial charge in [0.05, 0.1) is 6.10 Å². The highest BCUT2D eigenvalue weighted by molar-refractivity contribution is 5.67. The molecule has 0 saturated heterocycles. The molecule has 0 fully saturated rings. The summed E-state index contributed by atoms with van der Waals surface area (Å²) in [5.74, 6) is 0. The molecule has 2 nitrogen and oxygen atoms in total. The number of hydrogen-bond acceptors (Lipinski definition) is 2. The SMILES string of the molecule is COC(C)C1(OC)C=Cc2cccc(C(C)(C)C)c21. The quantitative estimate of drug-likeness (QED) is 0.821. The number of methoxy groups -OCH3 is 2. The Labute approximate surface area is 116 Å². The largest absolute Gasteiger partial charge is 0.378 e. The van der Waals surface area contributed by atoms with Crippen LogP contribution >= 0.6 is 0 Å². The summed E-state index contributed by atoms with van der Waals surface area (Å²) in [5.41, 5.74) is 3.40. The van der Waals surface area contributed by atoms with E-state index in [1.54, 1.807) is 14.2 Å². The van der Waals surface area contributed by atoms with Crippen LogP contribution in [-0.4, -0.2) is 20.3 Å². The summed E-state index contributed by atoms with van der Waals surface area (Å²) in [6.45, 7) is 8.76. The van der Waals surface area contributed by atoms with Crippen LogP contribution in [0.25, 0.3) is 6.08 Å². The van der Waals surface area contributed by atoms with Crippen LogP contribution in [-0.2, 0) is 20.5 Å². The van der Waals surface area contributed by atoms with E-state index in [-0.39, 0.29) is 11.5 Å². The van der Waals surface area contributed by atoms with Gasteiger partial charge in [-0.1, -0.05) is 45.0 Å². The van der Waals surface area contributed by atoms with Gasteiger partial charge in [-0.2, -0.15) is 0 Å². The van der Waals surface area contributed by atoms with Gasteiger partial charge in [0.2, 0.25) is 0 Å². The van der Waals surface area contributed by atoms with Crippen molar-refractivity contribution in [1.29, 1.82) is 0 Å². The second kappa shape index (κ2) is 4.77. The Morgan fingerprint density at radius 3 is 2.37 bits per heavy atom. The molecule has 104 valence electrons. The first-order chi connectivity index (χ1) is 8.86. The van der Waals surface area contributed by atoms with Crippen molar-refractivity contribution in [2.45, 2.75) is 44.8 Å². The maximum atomic E-state index is 5.90. The number of rotatable bonds is 3. The maximum Gasteiger partial charge on any atom is 0.138 e. The van der Waals surface area contributed by atoms with Crippen molar-refractivity contribution in [2.24, 2.45) is 0 Å². The third-order valence-corrected chi connectivity index (χ3v) is 4.10. The maximum absolute atomic E-state index is 5.90. The molecule has 0 spiro atoms. The molecule has 2 rings (SSSR count). The summed E-state index contributed by atoms with van der Waals surface area (Å²) in [6.07, 6.45) is 4.24. The lowest BCUT2D eigenvalue weighted by Gasteiger charge is -2.37. The zero-order valence-corrected chi connectivity index (χ0v) is 12.8. The first-order valence-corrected chi connectivity index (χ1v) is 6.78. The fourth-order valence-corrected chi connectivity index (χ4v) is 2.92. The molecule has 0 aromatic heterocycles. The molecular weight excluding hydrogens is 236 g/mol. The topological polar surface area (TPSA) is 18.5 Å². The van der Waals surface area contributed by atoms with E-state index >= 15 is 0 Å². The standard InChI is InChI=1S/C17H24O2/c1-12(18-5)17(19-6)11-10-13-8-7-9-14(15(13)17)16(2,3)4/h7-12H,1-6H3. The normalized spacial score (nSPS) is 23.5. The Hall–Kier alpha value is -1.12. The molecule has 1 aliphatic rings. The summed E-state index contributed by atoms with van der Waals surface area (Å²) in [4.78, 5) is 0. The van der Waals surface area contributed by atoms with Crippen LogP contribution < -0.4 is 0 Å². The molecule has 2 atom stereocenters. The molecule has 0 amide bonds. The molecule has 1 aromatic carbocycles. The summed E-state index contributed by atoms with van der Waals surface area (Å²) in [6, 6.07) is 6.46. The minimum absolute atomic E-state index is 0.0292. The van der Waals surface area contributed by atoms with E-state index in [9.17, 15) is 0 Å². The van der Waals surface area contributed by atoms with Gasteiger partial charge in [-0.05, 0) is 29.5 Å². The fraction of sp³-hybridized carbons (Fsp3) is 0.529. The van der Waals surface area contributed by atoms with Crippen LogP contribution in [0.2, 0.25) is 0 Å². The van der Waals surface area contributed by atoms with Gasteiger partial charge in [0.1, 0.15) is 5.60 Å². The summed E-state index contributed by atoms with van der Waals surface area (Å²) in [7, 11) is 3.49. The third-order valence-electron chi connectivity index (χ3n) is 4.10. The highest BCUT2D eigenvalue weighted by Gasteiger charge is 2.43. The van der Waals surface area contributed by atoms with E-state index in [4.69, 9.17) is 9.47 Å². The number of ether oxygens (including phenoxy) is 2. The Morgan fingerprint density at radius 2 is 1.84 bits per heavy atom. The fourth-order valence-electron chi connectivity index (χ4n) is 2.92. The van der Waals surface area contributed by atoms with Gasteiger partial charge in [0.25, 0.3) is 0 Å². The average Bonchev–Trinajstić information content (AvgIpc) is 2.76. The highest BCUT2D eigenvalue weighted by atomic mass is 16.5. The van der Waals surface area contributed by atoms with Gasteiger partial charge in [-0.3, -0.25) is 0 Å². The van der Waals surface area contributed by atoms with Crippen molar-refractivity contribution in [3.63, 3.8) is 0 Å². The van der Waals surface area contributed by atoms with Crippen molar-refractivity contribution < 1.29 is 9.47 Å². The van der Waals surface area contributed by atoms with Crippen LogP contribution in [0.1, 0.15) is 44.4 Å². The molecule has 0 N–H and O–H groups in total. The molecule has 0 radical (unpaired) electrons. The Kier molecular flexibility index (Phi) is 3.59. The van der Waals surface area contributed by atoms with Gasteiger partial charge in [0.15, 0.2) is 0 Å². The van der Waals surface area contributed by atoms with E-state index in [0.717, 1.165) is 0 Å². The number of fused-ring (bicyclic) bond motifs is 1. The average molecular weight is 260 g/mol. The van der Waals surface area contributed by atoms with Gasteiger partial charge in [-0.15, -0.1) is 0 Å². The zero-order chi connectivity index (χ0) is 14.3. The molecule has 19 heavy (non-hydrogen) atoms. The van der Waals surface area contributed by atoms with Crippen LogP contribution in [0.15, 0.2) is 24.3 Å². The van der Waals surface area contributed by atoms with Gasteiger partial charge < -0.3 is 9.47 Å². The van der Waals surface area contributed by atoms with Gasteiger partial charge in [-0.25, -0.2) is 0 Å². The number of benzene rings is 1. The molecular formula is C17H24O2. The molecule has 2 unspecified atom stereocenters. The Balaban J connectivity index is 2.68. The summed E-state index contributed by atoms with van der Waals surface area (Å²) < 4.78 is 11.5. The lowest BCUT2D eigenvalue weighted by atomic mass is 9.77. The predicted molar refractivity (Wildman–Crippen MR) is 79.3 cm³/mol. The van der Waals surface area contributed by atoms with Crippen LogP contribution in [0, 0.1) is 0 Å². The minimum atomic E-state index is -0.478. The second-order valence-corrected chi connectivity index (χ2v) is 6.23. The first kappa shape index (κ1) is 14.3. The smallest absolute Gasteiger partial charge is 0.138 e. The van der Waals surface area contributed by atoms with E-state index in [1.165, 1.54) is 16.7 Å². The molecule has 0 bridgehead atoms. The van der Waals surface area contributed by atoms with Gasteiger partial charge >= 0.3 is 0 Å². The molecule has 1 aliphatic carbocycles. The van der Waals surface area contributed by atoms with Crippen molar-refractivity contribution in [3.05, 3.63) is 41.0 Å². The second-order valence-electron chi connectivity index (χ2n) is 6.23.